The Morgan fingerprint density at radius 1 is 1.07 bits per heavy atom. The highest BCUT2D eigenvalue weighted by Crippen LogP contribution is 2.41. The van der Waals surface area contributed by atoms with Crippen molar-refractivity contribution in [3.8, 4) is 11.8 Å². The van der Waals surface area contributed by atoms with Gasteiger partial charge in [-0.2, -0.15) is 18.4 Å². The second kappa shape index (κ2) is 16.7. The zero-order valence-corrected chi connectivity index (χ0v) is 33.5. The molecule has 4 amide bonds. The van der Waals surface area contributed by atoms with Gasteiger partial charge in [-0.1, -0.05) is 19.9 Å². The topological polar surface area (TPSA) is 160 Å². The van der Waals surface area contributed by atoms with Crippen LogP contribution in [0.3, 0.4) is 0 Å². The fourth-order valence-corrected chi connectivity index (χ4v) is 8.01. The van der Waals surface area contributed by atoms with Crippen LogP contribution in [0.4, 0.5) is 35.9 Å². The number of imide groups is 1. The summed E-state index contributed by atoms with van der Waals surface area (Å²) in [4.78, 5) is 58.7. The number of pyridine rings is 1. The minimum Gasteiger partial charge on any atom is -0.493 e. The molecule has 3 aliphatic rings. The zero-order valence-electron chi connectivity index (χ0n) is 32.7. The van der Waals surface area contributed by atoms with Crippen molar-refractivity contribution in [2.75, 3.05) is 46.7 Å². The molecule has 1 aromatic heterocycles. The van der Waals surface area contributed by atoms with Gasteiger partial charge in [-0.05, 0) is 125 Å². The number of thiocarbonyl (C=S) groups is 1. The number of piperidine rings is 2. The summed E-state index contributed by atoms with van der Waals surface area (Å²) in [5, 5.41) is 17.6. The van der Waals surface area contributed by atoms with Crippen molar-refractivity contribution in [1.29, 1.82) is 5.26 Å². The Hall–Kier alpha value is -5.60. The van der Waals surface area contributed by atoms with Crippen molar-refractivity contribution < 1.29 is 37.1 Å². The van der Waals surface area contributed by atoms with Crippen LogP contribution >= 0.6 is 12.2 Å². The van der Waals surface area contributed by atoms with Crippen LogP contribution in [0.1, 0.15) is 76.6 Å². The van der Waals surface area contributed by atoms with E-state index < -0.39 is 34.9 Å². The molecule has 3 aliphatic heterocycles. The second-order valence-corrected chi connectivity index (χ2v) is 16.0. The van der Waals surface area contributed by atoms with Crippen molar-refractivity contribution >= 4 is 63.7 Å². The molecular weight excluding hydrogens is 774 g/mol. The molecule has 4 heterocycles. The monoisotopic (exact) mass is 818 g/mol. The van der Waals surface area contributed by atoms with E-state index in [2.05, 4.69) is 32.8 Å². The van der Waals surface area contributed by atoms with Crippen LogP contribution in [0.5, 0.6) is 5.75 Å². The molecule has 58 heavy (non-hydrogen) atoms. The highest BCUT2D eigenvalue weighted by molar-refractivity contribution is 7.81. The van der Waals surface area contributed by atoms with E-state index >= 15 is 0 Å². The van der Waals surface area contributed by atoms with Crippen LogP contribution in [-0.4, -0.2) is 76.4 Å². The summed E-state index contributed by atoms with van der Waals surface area (Å²) in [5.41, 5.74) is -0.765. The van der Waals surface area contributed by atoms with Gasteiger partial charge in [-0.25, -0.2) is 4.98 Å². The Morgan fingerprint density at radius 3 is 2.47 bits per heavy atom. The number of aryl methyl sites for hydroxylation is 1. The molecule has 0 saturated carbocycles. The lowest BCUT2D eigenvalue weighted by atomic mass is 9.78. The zero-order chi connectivity index (χ0) is 42.0. The van der Waals surface area contributed by atoms with E-state index in [0.717, 1.165) is 55.1 Å². The van der Waals surface area contributed by atoms with Gasteiger partial charge in [0.25, 0.3) is 5.91 Å². The number of carbonyl (C=O) groups is 4. The van der Waals surface area contributed by atoms with Gasteiger partial charge in [0.15, 0.2) is 10.8 Å². The van der Waals surface area contributed by atoms with Crippen LogP contribution in [-0.2, 0) is 31.8 Å². The van der Waals surface area contributed by atoms with Gasteiger partial charge in [-0.15, -0.1) is 0 Å². The van der Waals surface area contributed by atoms with Crippen molar-refractivity contribution in [1.82, 2.24) is 15.2 Å². The maximum atomic E-state index is 13.7. The number of nitrogens with one attached hydrogen (secondary N) is 3. The van der Waals surface area contributed by atoms with Crippen molar-refractivity contribution in [2.24, 2.45) is 5.41 Å². The smallest absolute Gasteiger partial charge is 0.419 e. The molecule has 0 aliphatic carbocycles. The first-order valence-corrected chi connectivity index (χ1v) is 19.5. The third-order valence-corrected chi connectivity index (χ3v) is 11.4. The lowest BCUT2D eigenvalue weighted by Gasteiger charge is -2.39. The molecule has 1 unspecified atom stereocenters. The molecule has 306 valence electrons. The Kier molecular flexibility index (Phi) is 12.1. The summed E-state index contributed by atoms with van der Waals surface area (Å²) in [5.74, 6) is -0.652. The first kappa shape index (κ1) is 42.0. The van der Waals surface area contributed by atoms with Gasteiger partial charge in [-0.3, -0.25) is 34.3 Å². The van der Waals surface area contributed by atoms with Crippen LogP contribution in [0.25, 0.3) is 0 Å². The molecule has 2 aromatic carbocycles. The van der Waals surface area contributed by atoms with Crippen LogP contribution in [0.2, 0.25) is 0 Å². The van der Waals surface area contributed by atoms with E-state index in [1.54, 1.807) is 49.1 Å². The number of nitrogens with zero attached hydrogens (tertiary/aromatic N) is 5. The molecule has 1 atom stereocenters. The normalized spacial score (nSPS) is 19.4. The standard InChI is InChI=1S/C41H45F3N8O5S/c1-5-25-19-28(52-38(58)51(37(56)39(52,2)3)29-21-30(41(42,43)44)32(22-45)46-23-29)9-11-33(25)57-18-15-40(4)13-16-50(17-14-40)24-35(54)48-27-8-6-7-26(20-27)47-31-10-12-34(53)49-36(31)55/h6-9,11,19-21,23,31,47H,5,10,12-18,24H2,1-4H3,(H,48,54)(H,49,53,55). The van der Waals surface area contributed by atoms with Crippen molar-refractivity contribution in [2.45, 2.75) is 84.0 Å². The summed E-state index contributed by atoms with van der Waals surface area (Å²) in [6, 6.07) is 14.2. The van der Waals surface area contributed by atoms with Gasteiger partial charge < -0.3 is 20.3 Å². The minimum atomic E-state index is -4.86. The van der Waals surface area contributed by atoms with E-state index in [1.165, 1.54) is 6.07 Å². The van der Waals surface area contributed by atoms with E-state index in [-0.39, 0.29) is 46.9 Å². The second-order valence-electron chi connectivity index (χ2n) is 15.6. The fraction of sp³-hybridized carbons (Fsp3) is 0.439. The SMILES string of the molecule is CCc1cc(N2C(=S)N(c3cnc(C#N)c(C(F)(F)F)c3)C(=O)C2(C)C)ccc1OCCC1(C)CCN(CC(=O)Nc2cccc(NC3CCC(=O)NC3=O)c2)CC1. The molecule has 0 bridgehead atoms. The average Bonchev–Trinajstić information content (AvgIpc) is 3.35. The van der Waals surface area contributed by atoms with Gasteiger partial charge in [0.1, 0.15) is 23.4 Å². The number of likely N-dealkylation sites (tertiary alicyclic amines) is 1. The Balaban J connectivity index is 1.01. The molecule has 3 fully saturated rings. The molecule has 13 nitrogen and oxygen atoms in total. The number of ether oxygens (including phenoxy) is 1. The van der Waals surface area contributed by atoms with Crippen LogP contribution in [0, 0.1) is 16.7 Å². The highest BCUT2D eigenvalue weighted by atomic mass is 32.1. The number of carbonyl (C=O) groups excluding carboxylic acids is 4. The number of hydrogen-bond acceptors (Lipinski definition) is 10. The third kappa shape index (κ3) is 9.08. The number of alkyl halides is 3. The number of rotatable bonds is 12. The molecule has 0 radical (unpaired) electrons. The van der Waals surface area contributed by atoms with Gasteiger partial charge in [0.05, 0.1) is 30.6 Å². The number of aromatic nitrogens is 1. The third-order valence-electron chi connectivity index (χ3n) is 11.0. The summed E-state index contributed by atoms with van der Waals surface area (Å²) in [6.45, 7) is 9.66. The fourth-order valence-electron chi connectivity index (χ4n) is 7.49. The maximum absolute atomic E-state index is 13.7. The van der Waals surface area contributed by atoms with Crippen LogP contribution < -0.4 is 30.5 Å². The van der Waals surface area contributed by atoms with Gasteiger partial charge in [0, 0.05) is 23.5 Å². The Labute approximate surface area is 339 Å². The molecule has 3 aromatic rings. The Morgan fingerprint density at radius 2 is 1.79 bits per heavy atom. The summed E-state index contributed by atoms with van der Waals surface area (Å²) in [6.07, 6.45) is -0.00912. The van der Waals surface area contributed by atoms with E-state index in [1.807, 2.05) is 19.1 Å². The highest BCUT2D eigenvalue weighted by Gasteiger charge is 2.51. The molecule has 6 rings (SSSR count). The van der Waals surface area contributed by atoms with E-state index in [9.17, 15) is 37.6 Å². The summed E-state index contributed by atoms with van der Waals surface area (Å²) in [7, 11) is 0. The largest absolute Gasteiger partial charge is 0.493 e. The molecular formula is C41H45F3N8O5S. The number of hydrogen-bond donors (Lipinski definition) is 3. The quantitative estimate of drug-likeness (QED) is 0.142. The molecule has 0 spiro atoms. The van der Waals surface area contributed by atoms with Crippen LogP contribution in [0.15, 0.2) is 54.7 Å². The number of benzene rings is 2. The van der Waals surface area contributed by atoms with Crippen molar-refractivity contribution in [3.05, 3.63) is 71.5 Å². The molecule has 3 N–H and O–H groups in total. The van der Waals surface area contributed by atoms with E-state index in [0.29, 0.717) is 42.3 Å². The first-order valence-electron chi connectivity index (χ1n) is 19.1. The minimum absolute atomic E-state index is 0.00280. The van der Waals surface area contributed by atoms with Gasteiger partial charge in [0.2, 0.25) is 17.7 Å². The molecule has 17 heteroatoms. The average molecular weight is 819 g/mol. The van der Waals surface area contributed by atoms with Gasteiger partial charge >= 0.3 is 6.18 Å². The number of nitriles is 1. The predicted molar refractivity (Wildman–Crippen MR) is 215 cm³/mol. The molecule has 3 saturated heterocycles. The number of halogens is 3. The Bertz CT molecular complexity index is 2170. The lowest BCUT2D eigenvalue weighted by molar-refractivity contribution is -0.138. The number of amides is 4. The summed E-state index contributed by atoms with van der Waals surface area (Å²) < 4.78 is 47.5. The first-order chi connectivity index (χ1) is 27.4. The van der Waals surface area contributed by atoms with Crippen molar-refractivity contribution in [3.63, 3.8) is 0 Å². The summed E-state index contributed by atoms with van der Waals surface area (Å²) >= 11 is 5.69. The van der Waals surface area contributed by atoms with E-state index in [4.69, 9.17) is 17.0 Å². The lowest BCUT2D eigenvalue weighted by Crippen LogP contribution is -2.47. The number of anilines is 4. The predicted octanol–water partition coefficient (Wildman–Crippen LogP) is 6.18. The maximum Gasteiger partial charge on any atom is 0.419 e.